The second-order valence-corrected chi connectivity index (χ2v) is 8.94. The Labute approximate surface area is 135 Å². The van der Waals surface area contributed by atoms with E-state index in [0.717, 1.165) is 36.5 Å². The van der Waals surface area contributed by atoms with Gasteiger partial charge in [-0.05, 0) is 73.2 Å². The molecule has 3 saturated carbocycles. The van der Waals surface area contributed by atoms with E-state index in [1.807, 2.05) is 0 Å². The summed E-state index contributed by atoms with van der Waals surface area (Å²) in [5.74, 6) is 3.25. The molecule has 0 aromatic heterocycles. The highest BCUT2D eigenvalue weighted by Gasteiger charge is 2.59. The van der Waals surface area contributed by atoms with Gasteiger partial charge in [-0.3, -0.25) is 0 Å². The molecule has 122 valence electrons. The third kappa shape index (κ3) is 1.81. The lowest BCUT2D eigenvalue weighted by molar-refractivity contribution is -0.0613. The van der Waals surface area contributed by atoms with Gasteiger partial charge in [-0.1, -0.05) is 45.4 Å². The van der Waals surface area contributed by atoms with E-state index in [9.17, 15) is 5.11 Å². The van der Waals surface area contributed by atoms with E-state index in [1.165, 1.54) is 37.7 Å². The van der Waals surface area contributed by atoms with Gasteiger partial charge in [0.15, 0.2) is 0 Å². The molecule has 4 rings (SSSR count). The first-order valence-corrected chi connectivity index (χ1v) is 9.57. The molecule has 0 bridgehead atoms. The first-order chi connectivity index (χ1) is 10.5. The number of rotatable bonds is 1. The number of hydrogen-bond acceptors (Lipinski definition) is 1. The fraction of sp³-hybridized carbons (Fsp3) is 0.810. The van der Waals surface area contributed by atoms with E-state index in [0.29, 0.717) is 5.41 Å². The molecule has 0 radical (unpaired) electrons. The third-order valence-electron chi connectivity index (χ3n) is 8.31. The molecule has 22 heavy (non-hydrogen) atoms. The van der Waals surface area contributed by atoms with E-state index in [-0.39, 0.29) is 11.5 Å². The zero-order valence-electron chi connectivity index (χ0n) is 14.5. The average molecular weight is 300 g/mol. The van der Waals surface area contributed by atoms with Gasteiger partial charge >= 0.3 is 0 Å². The van der Waals surface area contributed by atoms with E-state index in [4.69, 9.17) is 0 Å². The molecule has 4 aliphatic rings. The monoisotopic (exact) mass is 300 g/mol. The summed E-state index contributed by atoms with van der Waals surface area (Å²) in [5.41, 5.74) is 2.02. The predicted molar refractivity (Wildman–Crippen MR) is 91.4 cm³/mol. The van der Waals surface area contributed by atoms with Crippen molar-refractivity contribution in [1.29, 1.82) is 0 Å². The average Bonchev–Trinajstić information content (AvgIpc) is 2.84. The van der Waals surface area contributed by atoms with E-state index >= 15 is 0 Å². The standard InChI is InChI=1S/C21H32O/c1-4-14-8-9-16-15-13-19(22)18-7-5-6-11-21(18,3)17(15)10-12-20(14,16)2/h6-7,11,14-17,19,22H,4-5,8-10,12-13H2,1-3H3/t14-,15-,16-,17-,19+,20+,21+/m0/s1. The fourth-order valence-corrected chi connectivity index (χ4v) is 7.18. The highest BCUT2D eigenvalue weighted by Crippen LogP contribution is 2.66. The smallest absolute Gasteiger partial charge is 0.0761 e. The molecular weight excluding hydrogens is 268 g/mol. The van der Waals surface area contributed by atoms with Gasteiger partial charge in [-0.2, -0.15) is 0 Å². The molecule has 0 heterocycles. The van der Waals surface area contributed by atoms with Crippen LogP contribution in [0.2, 0.25) is 0 Å². The number of aliphatic hydroxyl groups excluding tert-OH is 1. The minimum Gasteiger partial charge on any atom is -0.389 e. The lowest BCUT2D eigenvalue weighted by atomic mass is 9.47. The van der Waals surface area contributed by atoms with E-state index < -0.39 is 0 Å². The Morgan fingerprint density at radius 3 is 2.77 bits per heavy atom. The summed E-state index contributed by atoms with van der Waals surface area (Å²) in [6.45, 7) is 7.36. The summed E-state index contributed by atoms with van der Waals surface area (Å²) in [5, 5.41) is 10.8. The Hall–Kier alpha value is -0.560. The predicted octanol–water partition coefficient (Wildman–Crippen LogP) is 5.11. The van der Waals surface area contributed by atoms with Crippen molar-refractivity contribution in [2.24, 2.45) is 34.5 Å². The van der Waals surface area contributed by atoms with Crippen LogP contribution in [0.3, 0.4) is 0 Å². The molecule has 0 amide bonds. The Kier molecular flexibility index (Phi) is 3.39. The molecule has 0 aliphatic heterocycles. The Morgan fingerprint density at radius 2 is 2.00 bits per heavy atom. The first-order valence-electron chi connectivity index (χ1n) is 9.57. The van der Waals surface area contributed by atoms with Crippen LogP contribution in [-0.2, 0) is 0 Å². The van der Waals surface area contributed by atoms with Gasteiger partial charge in [0.25, 0.3) is 0 Å². The van der Waals surface area contributed by atoms with Gasteiger partial charge in [0.2, 0.25) is 0 Å². The number of allylic oxidation sites excluding steroid dienone is 3. The SMILES string of the molecule is CC[C@H]1CC[C@H]2[C@@H]3C[C@@H](O)C4=CCC=C[C@]4(C)[C@H]3CC[C@]12C. The number of hydrogen-bond donors (Lipinski definition) is 1. The second kappa shape index (κ2) is 4.97. The van der Waals surface area contributed by atoms with E-state index in [2.05, 4.69) is 39.0 Å². The molecule has 4 aliphatic carbocycles. The van der Waals surface area contributed by atoms with Crippen molar-refractivity contribution in [3.8, 4) is 0 Å². The maximum atomic E-state index is 10.8. The fourth-order valence-electron chi connectivity index (χ4n) is 7.18. The highest BCUT2D eigenvalue weighted by molar-refractivity contribution is 5.34. The van der Waals surface area contributed by atoms with Gasteiger partial charge in [-0.15, -0.1) is 0 Å². The van der Waals surface area contributed by atoms with Crippen LogP contribution in [0.4, 0.5) is 0 Å². The number of fused-ring (bicyclic) bond motifs is 5. The van der Waals surface area contributed by atoms with Gasteiger partial charge < -0.3 is 5.11 Å². The number of aliphatic hydroxyl groups is 1. The molecular formula is C21H32O. The third-order valence-corrected chi connectivity index (χ3v) is 8.31. The molecule has 1 N–H and O–H groups in total. The largest absolute Gasteiger partial charge is 0.389 e. The molecule has 1 nitrogen and oxygen atoms in total. The van der Waals surface area contributed by atoms with Crippen molar-refractivity contribution >= 4 is 0 Å². The summed E-state index contributed by atoms with van der Waals surface area (Å²) in [7, 11) is 0. The van der Waals surface area contributed by atoms with Crippen LogP contribution >= 0.6 is 0 Å². The molecule has 7 atom stereocenters. The quantitative estimate of drug-likeness (QED) is 0.667. The van der Waals surface area contributed by atoms with Crippen LogP contribution in [0.15, 0.2) is 23.8 Å². The van der Waals surface area contributed by atoms with Crippen molar-refractivity contribution in [1.82, 2.24) is 0 Å². The van der Waals surface area contributed by atoms with Crippen LogP contribution < -0.4 is 0 Å². The minimum absolute atomic E-state index is 0.131. The van der Waals surface area contributed by atoms with Gasteiger partial charge in [0.05, 0.1) is 6.10 Å². The van der Waals surface area contributed by atoms with Crippen LogP contribution in [0.5, 0.6) is 0 Å². The summed E-state index contributed by atoms with van der Waals surface area (Å²) in [6, 6.07) is 0. The Morgan fingerprint density at radius 1 is 1.18 bits per heavy atom. The summed E-state index contributed by atoms with van der Waals surface area (Å²) in [6.07, 6.45) is 15.9. The maximum Gasteiger partial charge on any atom is 0.0761 e. The van der Waals surface area contributed by atoms with Crippen LogP contribution in [-0.4, -0.2) is 11.2 Å². The molecule has 0 unspecified atom stereocenters. The lowest BCUT2D eigenvalue weighted by Crippen LogP contribution is -2.52. The first kappa shape index (κ1) is 15.0. The maximum absolute atomic E-state index is 10.8. The molecule has 3 fully saturated rings. The molecule has 0 spiro atoms. The normalized spacial score (nSPS) is 53.5. The second-order valence-electron chi connectivity index (χ2n) is 8.94. The van der Waals surface area contributed by atoms with Crippen molar-refractivity contribution in [3.63, 3.8) is 0 Å². The topological polar surface area (TPSA) is 20.2 Å². The van der Waals surface area contributed by atoms with Gasteiger partial charge in [0.1, 0.15) is 0 Å². The zero-order valence-corrected chi connectivity index (χ0v) is 14.5. The lowest BCUT2D eigenvalue weighted by Gasteiger charge is -2.58. The molecule has 1 heteroatoms. The van der Waals surface area contributed by atoms with Crippen molar-refractivity contribution in [2.45, 2.75) is 71.8 Å². The zero-order chi connectivity index (χ0) is 15.5. The summed E-state index contributed by atoms with van der Waals surface area (Å²) >= 11 is 0. The Balaban J connectivity index is 1.71. The highest BCUT2D eigenvalue weighted by atomic mass is 16.3. The summed E-state index contributed by atoms with van der Waals surface area (Å²) in [4.78, 5) is 0. The van der Waals surface area contributed by atoms with Crippen LogP contribution in [0, 0.1) is 34.5 Å². The summed E-state index contributed by atoms with van der Waals surface area (Å²) < 4.78 is 0. The van der Waals surface area contributed by atoms with Crippen molar-refractivity contribution in [2.75, 3.05) is 0 Å². The van der Waals surface area contributed by atoms with Gasteiger partial charge in [0, 0.05) is 5.41 Å². The Bertz CT molecular complexity index is 518. The van der Waals surface area contributed by atoms with Crippen molar-refractivity contribution in [3.05, 3.63) is 23.8 Å². The van der Waals surface area contributed by atoms with E-state index in [1.54, 1.807) is 0 Å². The van der Waals surface area contributed by atoms with Crippen molar-refractivity contribution < 1.29 is 5.11 Å². The molecule has 0 aromatic carbocycles. The van der Waals surface area contributed by atoms with Gasteiger partial charge in [-0.25, -0.2) is 0 Å². The molecule has 0 saturated heterocycles. The minimum atomic E-state index is -0.195. The molecule has 0 aromatic rings. The van der Waals surface area contributed by atoms with Crippen LogP contribution in [0.1, 0.15) is 65.7 Å². The van der Waals surface area contributed by atoms with Crippen LogP contribution in [0.25, 0.3) is 0 Å².